The number of aryl methyl sites for hydroxylation is 1. The Balaban J connectivity index is 2.72. The van der Waals surface area contributed by atoms with Gasteiger partial charge in [-0.25, -0.2) is 4.79 Å². The second-order valence-corrected chi connectivity index (χ2v) is 4.80. The van der Waals surface area contributed by atoms with Crippen LogP contribution in [0.25, 0.3) is 0 Å². The average Bonchev–Trinajstić information content (AvgIpc) is 2.85. The molecule has 106 valence electrons. The van der Waals surface area contributed by atoms with Crippen molar-refractivity contribution in [3.05, 3.63) is 23.7 Å². The van der Waals surface area contributed by atoms with Crippen LogP contribution in [0.5, 0.6) is 0 Å². The smallest absolute Gasteiger partial charge is 0.328 e. The quantitative estimate of drug-likeness (QED) is 0.802. The fraction of sp³-hybridized carbons (Fsp3) is 0.571. The van der Waals surface area contributed by atoms with Gasteiger partial charge in [0.25, 0.3) is 5.91 Å². The molecular formula is C14H21NO4. The molecule has 1 aromatic rings. The SMILES string of the molecule is CCc1ccc(C(=O)NC(CC(C)C)C(=O)OC)o1. The highest BCUT2D eigenvalue weighted by Gasteiger charge is 2.24. The van der Waals surface area contributed by atoms with Gasteiger partial charge in [0.05, 0.1) is 7.11 Å². The largest absolute Gasteiger partial charge is 0.467 e. The summed E-state index contributed by atoms with van der Waals surface area (Å²) in [5, 5.41) is 2.65. The third kappa shape index (κ3) is 4.43. The molecule has 1 amide bonds. The van der Waals surface area contributed by atoms with Crippen molar-refractivity contribution in [3.63, 3.8) is 0 Å². The molecule has 1 N–H and O–H groups in total. The number of hydrogen-bond donors (Lipinski definition) is 1. The fourth-order valence-corrected chi connectivity index (χ4v) is 1.75. The van der Waals surface area contributed by atoms with Gasteiger partial charge in [0, 0.05) is 6.42 Å². The Kier molecular flexibility index (Phi) is 5.60. The van der Waals surface area contributed by atoms with Gasteiger partial charge in [0.15, 0.2) is 5.76 Å². The summed E-state index contributed by atoms with van der Waals surface area (Å²) in [5.41, 5.74) is 0. The van der Waals surface area contributed by atoms with E-state index in [1.54, 1.807) is 12.1 Å². The zero-order chi connectivity index (χ0) is 14.4. The molecule has 19 heavy (non-hydrogen) atoms. The third-order valence-electron chi connectivity index (χ3n) is 2.73. The van der Waals surface area contributed by atoms with Crippen LogP contribution in [0, 0.1) is 5.92 Å². The molecule has 0 aliphatic rings. The van der Waals surface area contributed by atoms with Crippen molar-refractivity contribution >= 4 is 11.9 Å². The monoisotopic (exact) mass is 267 g/mol. The first-order valence-corrected chi connectivity index (χ1v) is 6.45. The average molecular weight is 267 g/mol. The van der Waals surface area contributed by atoms with E-state index >= 15 is 0 Å². The molecule has 0 bridgehead atoms. The van der Waals surface area contributed by atoms with Gasteiger partial charge in [-0.15, -0.1) is 0 Å². The van der Waals surface area contributed by atoms with Crippen LogP contribution in [0.1, 0.15) is 43.5 Å². The number of esters is 1. The first-order valence-electron chi connectivity index (χ1n) is 6.45. The second-order valence-electron chi connectivity index (χ2n) is 4.80. The van der Waals surface area contributed by atoms with E-state index in [9.17, 15) is 9.59 Å². The predicted octanol–water partition coefficient (Wildman–Crippen LogP) is 2.16. The predicted molar refractivity (Wildman–Crippen MR) is 70.8 cm³/mol. The number of nitrogens with one attached hydrogen (secondary N) is 1. The summed E-state index contributed by atoms with van der Waals surface area (Å²) in [6, 6.07) is 2.72. The number of carbonyl (C=O) groups excluding carboxylic acids is 2. The van der Waals surface area contributed by atoms with Gasteiger partial charge in [-0.2, -0.15) is 0 Å². The van der Waals surface area contributed by atoms with E-state index in [-0.39, 0.29) is 11.7 Å². The number of methoxy groups -OCH3 is 1. The molecule has 0 aromatic carbocycles. The van der Waals surface area contributed by atoms with Crippen LogP contribution in [0.3, 0.4) is 0 Å². The van der Waals surface area contributed by atoms with Crippen LogP contribution in [-0.4, -0.2) is 25.0 Å². The lowest BCUT2D eigenvalue weighted by Gasteiger charge is -2.17. The van der Waals surface area contributed by atoms with Crippen LogP contribution < -0.4 is 5.32 Å². The lowest BCUT2D eigenvalue weighted by Crippen LogP contribution is -2.42. The Morgan fingerprint density at radius 1 is 1.37 bits per heavy atom. The minimum atomic E-state index is -0.646. The lowest BCUT2D eigenvalue weighted by molar-refractivity contribution is -0.143. The van der Waals surface area contributed by atoms with E-state index in [1.165, 1.54) is 7.11 Å². The summed E-state index contributed by atoms with van der Waals surface area (Å²) in [4.78, 5) is 23.6. The van der Waals surface area contributed by atoms with Crippen molar-refractivity contribution in [3.8, 4) is 0 Å². The zero-order valence-electron chi connectivity index (χ0n) is 11.9. The zero-order valence-corrected chi connectivity index (χ0v) is 11.9. The van der Waals surface area contributed by atoms with E-state index in [0.717, 1.165) is 12.2 Å². The summed E-state index contributed by atoms with van der Waals surface area (Å²) >= 11 is 0. The number of carbonyl (C=O) groups is 2. The molecule has 5 heteroatoms. The van der Waals surface area contributed by atoms with Crippen molar-refractivity contribution < 1.29 is 18.7 Å². The first kappa shape index (κ1) is 15.3. The van der Waals surface area contributed by atoms with Crippen molar-refractivity contribution in [2.24, 2.45) is 5.92 Å². The molecule has 1 unspecified atom stereocenters. The van der Waals surface area contributed by atoms with Gasteiger partial charge >= 0.3 is 5.97 Å². The van der Waals surface area contributed by atoms with Gasteiger partial charge in [-0.3, -0.25) is 4.79 Å². The molecule has 0 saturated heterocycles. The van der Waals surface area contributed by atoms with Crippen LogP contribution in [0.4, 0.5) is 0 Å². The van der Waals surface area contributed by atoms with Crippen molar-refractivity contribution in [2.75, 3.05) is 7.11 Å². The molecule has 0 fully saturated rings. The minimum absolute atomic E-state index is 0.217. The molecule has 0 saturated carbocycles. The van der Waals surface area contributed by atoms with Gasteiger partial charge < -0.3 is 14.5 Å². The van der Waals surface area contributed by atoms with E-state index in [4.69, 9.17) is 9.15 Å². The molecule has 0 radical (unpaired) electrons. The van der Waals surface area contributed by atoms with Crippen molar-refractivity contribution in [1.29, 1.82) is 0 Å². The van der Waals surface area contributed by atoms with Gasteiger partial charge in [0.1, 0.15) is 11.8 Å². The summed E-state index contributed by atoms with van der Waals surface area (Å²) in [5.74, 6) is 0.394. The van der Waals surface area contributed by atoms with Crippen LogP contribution in [-0.2, 0) is 16.0 Å². The summed E-state index contributed by atoms with van der Waals surface area (Å²) in [6.07, 6.45) is 1.25. The second kappa shape index (κ2) is 6.97. The van der Waals surface area contributed by atoms with Gasteiger partial charge in [-0.05, 0) is 24.5 Å². The van der Waals surface area contributed by atoms with E-state index in [2.05, 4.69) is 5.32 Å². The Morgan fingerprint density at radius 3 is 2.53 bits per heavy atom. The molecular weight excluding hydrogens is 246 g/mol. The number of rotatable bonds is 6. The van der Waals surface area contributed by atoms with Crippen LogP contribution in [0.15, 0.2) is 16.5 Å². The molecule has 0 aliphatic carbocycles. The molecule has 0 aliphatic heterocycles. The highest BCUT2D eigenvalue weighted by Crippen LogP contribution is 2.11. The minimum Gasteiger partial charge on any atom is -0.467 e. The topological polar surface area (TPSA) is 68.5 Å². The van der Waals surface area contributed by atoms with E-state index < -0.39 is 17.9 Å². The maximum atomic E-state index is 12.0. The fourth-order valence-electron chi connectivity index (χ4n) is 1.75. The Morgan fingerprint density at radius 2 is 2.05 bits per heavy atom. The summed E-state index contributed by atoms with van der Waals surface area (Å²) in [7, 11) is 1.31. The molecule has 1 rings (SSSR count). The third-order valence-corrected chi connectivity index (χ3v) is 2.73. The van der Waals surface area contributed by atoms with Crippen molar-refractivity contribution in [1.82, 2.24) is 5.32 Å². The Labute approximate surface area is 113 Å². The first-order chi connectivity index (χ1) is 8.97. The van der Waals surface area contributed by atoms with E-state index in [0.29, 0.717) is 6.42 Å². The van der Waals surface area contributed by atoms with E-state index in [1.807, 2.05) is 20.8 Å². The summed E-state index contributed by atoms with van der Waals surface area (Å²) in [6.45, 7) is 5.89. The Hall–Kier alpha value is -1.78. The lowest BCUT2D eigenvalue weighted by atomic mass is 10.0. The van der Waals surface area contributed by atoms with Gasteiger partial charge in [0.2, 0.25) is 0 Å². The number of ether oxygens (including phenoxy) is 1. The molecule has 1 heterocycles. The molecule has 1 atom stereocenters. The maximum absolute atomic E-state index is 12.0. The highest BCUT2D eigenvalue weighted by atomic mass is 16.5. The Bertz CT molecular complexity index is 436. The van der Waals surface area contributed by atoms with Crippen LogP contribution in [0.2, 0.25) is 0 Å². The maximum Gasteiger partial charge on any atom is 0.328 e. The number of amides is 1. The normalized spacial score (nSPS) is 12.3. The highest BCUT2D eigenvalue weighted by molar-refractivity contribution is 5.94. The van der Waals surface area contributed by atoms with Crippen molar-refractivity contribution in [2.45, 2.75) is 39.7 Å². The van der Waals surface area contributed by atoms with Gasteiger partial charge in [-0.1, -0.05) is 20.8 Å². The van der Waals surface area contributed by atoms with Crippen LogP contribution >= 0.6 is 0 Å². The molecule has 1 aromatic heterocycles. The molecule has 5 nitrogen and oxygen atoms in total. The standard InChI is InChI=1S/C14H21NO4/c1-5-10-6-7-12(19-10)13(16)15-11(8-9(2)3)14(17)18-4/h6-7,9,11H,5,8H2,1-4H3,(H,15,16). The molecule has 0 spiro atoms. The number of hydrogen-bond acceptors (Lipinski definition) is 4. The number of furan rings is 1. The summed E-state index contributed by atoms with van der Waals surface area (Å²) < 4.78 is 10.0.